The number of ketones is 4. The zero-order valence-electron chi connectivity index (χ0n) is 12.4. The van der Waals surface area contributed by atoms with Crippen LogP contribution in [0.1, 0.15) is 52.9 Å². The van der Waals surface area contributed by atoms with Gasteiger partial charge < -0.3 is 0 Å². The predicted octanol–water partition coefficient (Wildman–Crippen LogP) is 2.14. The lowest BCUT2D eigenvalue weighted by atomic mass is 9.59. The Morgan fingerprint density at radius 1 is 1.05 bits per heavy atom. The molecule has 0 aromatic heterocycles. The lowest BCUT2D eigenvalue weighted by Crippen LogP contribution is -2.48. The van der Waals surface area contributed by atoms with E-state index in [-0.39, 0.29) is 28.5 Å². The number of rotatable bonds is 2. The molecule has 0 radical (unpaired) electrons. The van der Waals surface area contributed by atoms with E-state index in [1.807, 2.05) is 13.8 Å². The van der Waals surface area contributed by atoms with Crippen LogP contribution in [0.5, 0.6) is 0 Å². The van der Waals surface area contributed by atoms with Crippen molar-refractivity contribution in [1.82, 2.24) is 0 Å². The maximum absolute atomic E-state index is 12.3. The highest BCUT2D eigenvalue weighted by Gasteiger charge is 2.50. The van der Waals surface area contributed by atoms with E-state index in [0.717, 1.165) is 0 Å². The number of carbonyl (C=O) groups is 4. The van der Waals surface area contributed by atoms with E-state index < -0.39 is 17.8 Å². The third-order valence-electron chi connectivity index (χ3n) is 4.62. The van der Waals surface area contributed by atoms with Crippen molar-refractivity contribution in [3.63, 3.8) is 0 Å². The molecule has 0 N–H and O–H groups in total. The second-order valence-corrected chi connectivity index (χ2v) is 7.03. The molecule has 20 heavy (non-hydrogen) atoms. The predicted molar refractivity (Wildman–Crippen MR) is 73.0 cm³/mol. The van der Waals surface area contributed by atoms with Crippen molar-refractivity contribution in [2.45, 2.75) is 52.9 Å². The Morgan fingerprint density at radius 2 is 1.60 bits per heavy atom. The summed E-state index contributed by atoms with van der Waals surface area (Å²) in [7, 11) is 0. The topological polar surface area (TPSA) is 68.3 Å². The minimum absolute atomic E-state index is 0.0806. The van der Waals surface area contributed by atoms with Crippen LogP contribution in [0.3, 0.4) is 0 Å². The number of carbonyl (C=O) groups excluding carboxylic acids is 4. The van der Waals surface area contributed by atoms with Gasteiger partial charge in [0.2, 0.25) is 0 Å². The Bertz CT molecular complexity index is 459. The second-order valence-electron chi connectivity index (χ2n) is 7.03. The van der Waals surface area contributed by atoms with Gasteiger partial charge in [0.25, 0.3) is 0 Å². The third kappa shape index (κ3) is 2.74. The smallest absolute Gasteiger partial charge is 0.144 e. The van der Waals surface area contributed by atoms with Crippen LogP contribution in [0.2, 0.25) is 0 Å². The highest BCUT2D eigenvalue weighted by molar-refractivity contribution is 6.08. The molecule has 2 unspecified atom stereocenters. The molecule has 110 valence electrons. The monoisotopic (exact) mass is 278 g/mol. The van der Waals surface area contributed by atoms with Gasteiger partial charge in [-0.3, -0.25) is 19.2 Å². The summed E-state index contributed by atoms with van der Waals surface area (Å²) < 4.78 is 0. The van der Waals surface area contributed by atoms with Crippen molar-refractivity contribution < 1.29 is 19.2 Å². The zero-order chi connectivity index (χ0) is 15.1. The first kappa shape index (κ1) is 15.1. The summed E-state index contributed by atoms with van der Waals surface area (Å²) in [6.45, 7) is 5.32. The average Bonchev–Trinajstić information content (AvgIpc) is 2.25. The van der Waals surface area contributed by atoms with Gasteiger partial charge >= 0.3 is 0 Å². The van der Waals surface area contributed by atoms with Gasteiger partial charge in [-0.1, -0.05) is 13.8 Å². The van der Waals surface area contributed by atoms with Crippen molar-refractivity contribution in [3.8, 4) is 0 Å². The number of hydrogen-bond acceptors (Lipinski definition) is 4. The Hall–Kier alpha value is -1.32. The summed E-state index contributed by atoms with van der Waals surface area (Å²) in [5.41, 5.74) is -0.244. The van der Waals surface area contributed by atoms with E-state index >= 15 is 0 Å². The van der Waals surface area contributed by atoms with Gasteiger partial charge in [-0.25, -0.2) is 0 Å². The number of hydrogen-bond donors (Lipinski definition) is 0. The summed E-state index contributed by atoms with van der Waals surface area (Å²) in [5, 5.41) is 0. The molecule has 2 aliphatic rings. The molecule has 4 heteroatoms. The average molecular weight is 278 g/mol. The van der Waals surface area contributed by atoms with Crippen LogP contribution in [-0.2, 0) is 19.2 Å². The molecule has 2 fully saturated rings. The molecule has 0 aromatic rings. The van der Waals surface area contributed by atoms with E-state index in [1.54, 1.807) is 0 Å². The maximum atomic E-state index is 12.3. The molecule has 2 saturated carbocycles. The molecule has 0 aromatic carbocycles. The second kappa shape index (κ2) is 5.23. The molecular weight excluding hydrogens is 256 g/mol. The molecule has 2 rings (SSSR count). The zero-order valence-corrected chi connectivity index (χ0v) is 12.4. The van der Waals surface area contributed by atoms with Crippen LogP contribution in [0.4, 0.5) is 0 Å². The van der Waals surface area contributed by atoms with Crippen LogP contribution >= 0.6 is 0 Å². The normalized spacial score (nSPS) is 31.4. The summed E-state index contributed by atoms with van der Waals surface area (Å²) in [6, 6.07) is 0. The first-order chi connectivity index (χ1) is 9.23. The minimum Gasteiger partial charge on any atom is -0.299 e. The SMILES string of the molecule is CC(=O)C1C(=O)CC(C)(C)CC1C1C(=O)CCCC1=O. The minimum atomic E-state index is -0.765. The Labute approximate surface area is 119 Å². The molecule has 2 aliphatic carbocycles. The van der Waals surface area contributed by atoms with E-state index in [1.165, 1.54) is 6.92 Å². The molecule has 0 heterocycles. The highest BCUT2D eigenvalue weighted by atomic mass is 16.2. The van der Waals surface area contributed by atoms with Gasteiger partial charge in [0.1, 0.15) is 23.1 Å². The quantitative estimate of drug-likeness (QED) is 0.726. The van der Waals surface area contributed by atoms with Crippen LogP contribution in [-0.4, -0.2) is 23.1 Å². The standard InChI is InChI=1S/C16H22O4/c1-9(17)14-10(7-16(2,3)8-13(14)20)15-11(18)5-4-6-12(15)19/h10,14-15H,4-8H2,1-3H3. The fourth-order valence-corrected chi connectivity index (χ4v) is 3.89. The van der Waals surface area contributed by atoms with E-state index in [9.17, 15) is 19.2 Å². The summed E-state index contributed by atoms with van der Waals surface area (Å²) >= 11 is 0. The van der Waals surface area contributed by atoms with Crippen molar-refractivity contribution in [2.24, 2.45) is 23.2 Å². The van der Waals surface area contributed by atoms with Crippen molar-refractivity contribution in [1.29, 1.82) is 0 Å². The van der Waals surface area contributed by atoms with Crippen molar-refractivity contribution in [2.75, 3.05) is 0 Å². The molecule has 0 amide bonds. The number of Topliss-reactive ketones (excluding diaryl/α,β-unsaturated/α-hetero) is 4. The van der Waals surface area contributed by atoms with Crippen LogP contribution < -0.4 is 0 Å². The van der Waals surface area contributed by atoms with Crippen LogP contribution in [0, 0.1) is 23.2 Å². The van der Waals surface area contributed by atoms with Gasteiger partial charge in [0.05, 0.1) is 11.8 Å². The van der Waals surface area contributed by atoms with Gasteiger partial charge in [0.15, 0.2) is 0 Å². The van der Waals surface area contributed by atoms with Crippen LogP contribution in [0.25, 0.3) is 0 Å². The summed E-state index contributed by atoms with van der Waals surface area (Å²) in [4.78, 5) is 48.4. The van der Waals surface area contributed by atoms with Gasteiger partial charge in [-0.2, -0.15) is 0 Å². The van der Waals surface area contributed by atoms with Gasteiger partial charge in [-0.05, 0) is 31.1 Å². The molecule has 0 saturated heterocycles. The van der Waals surface area contributed by atoms with Gasteiger partial charge in [0, 0.05) is 19.3 Å². The molecule has 0 bridgehead atoms. The molecule has 4 nitrogen and oxygen atoms in total. The highest BCUT2D eigenvalue weighted by Crippen LogP contribution is 2.45. The Kier molecular flexibility index (Phi) is 3.94. The lowest BCUT2D eigenvalue weighted by Gasteiger charge is -2.42. The third-order valence-corrected chi connectivity index (χ3v) is 4.62. The van der Waals surface area contributed by atoms with Crippen molar-refractivity contribution >= 4 is 23.1 Å². The molecule has 0 spiro atoms. The fourth-order valence-electron chi connectivity index (χ4n) is 3.89. The first-order valence-electron chi connectivity index (χ1n) is 7.31. The Balaban J connectivity index is 2.37. The largest absolute Gasteiger partial charge is 0.299 e. The fraction of sp³-hybridized carbons (Fsp3) is 0.750. The lowest BCUT2D eigenvalue weighted by molar-refractivity contribution is -0.147. The Morgan fingerprint density at radius 3 is 2.10 bits per heavy atom. The molecule has 2 atom stereocenters. The van der Waals surface area contributed by atoms with E-state index in [2.05, 4.69) is 0 Å². The van der Waals surface area contributed by atoms with Gasteiger partial charge in [-0.15, -0.1) is 0 Å². The molecular formula is C16H22O4. The van der Waals surface area contributed by atoms with Crippen LogP contribution in [0.15, 0.2) is 0 Å². The summed E-state index contributed by atoms with van der Waals surface area (Å²) in [5.74, 6) is -2.40. The molecule has 0 aliphatic heterocycles. The van der Waals surface area contributed by atoms with E-state index in [4.69, 9.17) is 0 Å². The van der Waals surface area contributed by atoms with E-state index in [0.29, 0.717) is 32.1 Å². The van der Waals surface area contributed by atoms with Crippen molar-refractivity contribution in [3.05, 3.63) is 0 Å². The summed E-state index contributed by atoms with van der Waals surface area (Å²) in [6.07, 6.45) is 2.33. The first-order valence-corrected chi connectivity index (χ1v) is 7.31. The maximum Gasteiger partial charge on any atom is 0.144 e.